The molecule has 1 aliphatic heterocycles. The van der Waals surface area contributed by atoms with E-state index in [1.54, 1.807) is 0 Å². The van der Waals surface area contributed by atoms with Crippen molar-refractivity contribution in [2.45, 2.75) is 25.7 Å². The summed E-state index contributed by atoms with van der Waals surface area (Å²) in [5, 5.41) is 0. The average molecular weight is 278 g/mol. The second-order valence-corrected chi connectivity index (χ2v) is 6.66. The first-order chi connectivity index (χ1) is 8.49. The summed E-state index contributed by atoms with van der Waals surface area (Å²) < 4.78 is 30.0. The number of piperidine rings is 1. The van der Waals surface area contributed by atoms with Crippen LogP contribution in [0.4, 0.5) is 0 Å². The maximum Gasteiger partial charge on any atom is 0.305 e. The van der Waals surface area contributed by atoms with Gasteiger partial charge in [-0.25, -0.2) is 12.7 Å². The molecule has 1 aliphatic rings. The molecule has 6 nitrogen and oxygen atoms in total. The number of esters is 1. The van der Waals surface area contributed by atoms with Gasteiger partial charge in [0.1, 0.15) is 0 Å². The van der Waals surface area contributed by atoms with Gasteiger partial charge in [0, 0.05) is 19.5 Å². The Morgan fingerprint density at radius 2 is 2.00 bits per heavy atom. The molecule has 1 saturated heterocycles. The number of rotatable bonds is 6. The number of nitrogens with zero attached hydrogens (tertiary/aromatic N) is 1. The average Bonchev–Trinajstić information content (AvgIpc) is 2.38. The van der Waals surface area contributed by atoms with E-state index in [1.165, 1.54) is 11.4 Å². The Balaban J connectivity index is 2.37. The third-order valence-electron chi connectivity index (χ3n) is 3.31. The third-order valence-corrected chi connectivity index (χ3v) is 5.27. The van der Waals surface area contributed by atoms with Gasteiger partial charge in [0.15, 0.2) is 0 Å². The summed E-state index contributed by atoms with van der Waals surface area (Å²) in [5.74, 6) is 0.0774. The number of nitrogens with two attached hydrogens (primary N) is 1. The highest BCUT2D eigenvalue weighted by atomic mass is 32.2. The molecule has 7 heteroatoms. The first-order valence-corrected chi connectivity index (χ1v) is 7.85. The first kappa shape index (κ1) is 15.4. The maximum absolute atomic E-state index is 12.0. The fourth-order valence-corrected chi connectivity index (χ4v) is 3.59. The molecular weight excluding hydrogens is 256 g/mol. The van der Waals surface area contributed by atoms with Crippen molar-refractivity contribution in [3.8, 4) is 0 Å². The van der Waals surface area contributed by atoms with Gasteiger partial charge in [0.25, 0.3) is 0 Å². The molecule has 0 aromatic rings. The number of hydrogen-bond donors (Lipinski definition) is 1. The van der Waals surface area contributed by atoms with E-state index in [-0.39, 0.29) is 18.1 Å². The maximum atomic E-state index is 12.0. The van der Waals surface area contributed by atoms with Gasteiger partial charge >= 0.3 is 5.97 Å². The molecular formula is C11H22N2O4S. The summed E-state index contributed by atoms with van der Waals surface area (Å²) in [6, 6.07) is 0. The molecule has 0 unspecified atom stereocenters. The standard InChI is InChI=1S/C11H22N2O4S/c1-17-11(14)3-2-8-18(15,16)13-6-4-10(9-12)5-7-13/h10H,2-9,12H2,1H3. The van der Waals surface area contributed by atoms with Crippen LogP contribution in [0.3, 0.4) is 0 Å². The summed E-state index contributed by atoms with van der Waals surface area (Å²) >= 11 is 0. The van der Waals surface area contributed by atoms with Crippen molar-refractivity contribution in [3.05, 3.63) is 0 Å². The van der Waals surface area contributed by atoms with E-state index in [1.807, 2.05) is 0 Å². The highest BCUT2D eigenvalue weighted by Crippen LogP contribution is 2.19. The predicted molar refractivity (Wildman–Crippen MR) is 68.4 cm³/mol. The number of carbonyl (C=O) groups is 1. The molecule has 18 heavy (non-hydrogen) atoms. The second kappa shape index (κ2) is 7.06. The summed E-state index contributed by atoms with van der Waals surface area (Å²) in [6.45, 7) is 1.71. The first-order valence-electron chi connectivity index (χ1n) is 6.24. The zero-order chi connectivity index (χ0) is 13.6. The summed E-state index contributed by atoms with van der Waals surface area (Å²) in [4.78, 5) is 10.9. The van der Waals surface area contributed by atoms with E-state index < -0.39 is 10.0 Å². The van der Waals surface area contributed by atoms with Gasteiger partial charge in [-0.2, -0.15) is 0 Å². The topological polar surface area (TPSA) is 89.7 Å². The quantitative estimate of drug-likeness (QED) is 0.687. The zero-order valence-corrected chi connectivity index (χ0v) is 11.6. The normalized spacial score (nSPS) is 18.8. The van der Waals surface area contributed by atoms with Gasteiger partial charge in [0.05, 0.1) is 12.9 Å². The van der Waals surface area contributed by atoms with Crippen molar-refractivity contribution in [1.29, 1.82) is 0 Å². The molecule has 1 heterocycles. The smallest absolute Gasteiger partial charge is 0.305 e. The molecule has 106 valence electrons. The van der Waals surface area contributed by atoms with Crippen LogP contribution >= 0.6 is 0 Å². The molecule has 2 N–H and O–H groups in total. The Morgan fingerprint density at radius 1 is 1.39 bits per heavy atom. The van der Waals surface area contributed by atoms with Crippen molar-refractivity contribution in [1.82, 2.24) is 4.31 Å². The van der Waals surface area contributed by atoms with E-state index >= 15 is 0 Å². The minimum Gasteiger partial charge on any atom is -0.469 e. The number of carbonyl (C=O) groups excluding carboxylic acids is 1. The largest absolute Gasteiger partial charge is 0.469 e. The molecule has 0 bridgehead atoms. The Labute approximate surface area is 109 Å². The fraction of sp³-hybridized carbons (Fsp3) is 0.909. The minimum atomic E-state index is -3.23. The zero-order valence-electron chi connectivity index (χ0n) is 10.8. The summed E-state index contributed by atoms with van der Waals surface area (Å²) in [6.07, 6.45) is 2.11. The van der Waals surface area contributed by atoms with Gasteiger partial charge in [-0.15, -0.1) is 0 Å². The minimum absolute atomic E-state index is 0.00932. The van der Waals surface area contributed by atoms with Gasteiger partial charge in [-0.1, -0.05) is 0 Å². The Hall–Kier alpha value is -0.660. The van der Waals surface area contributed by atoms with Crippen LogP contribution in [0, 0.1) is 5.92 Å². The molecule has 0 spiro atoms. The lowest BCUT2D eigenvalue weighted by Gasteiger charge is -2.30. The number of methoxy groups -OCH3 is 1. The number of sulfonamides is 1. The molecule has 0 amide bonds. The van der Waals surface area contributed by atoms with Crippen molar-refractivity contribution in [2.24, 2.45) is 11.7 Å². The van der Waals surface area contributed by atoms with E-state index in [0.717, 1.165) is 12.8 Å². The fourth-order valence-electron chi connectivity index (χ4n) is 2.05. The second-order valence-electron chi connectivity index (χ2n) is 4.57. The van der Waals surface area contributed by atoms with E-state index in [9.17, 15) is 13.2 Å². The molecule has 1 rings (SSSR count). The molecule has 0 aromatic carbocycles. The van der Waals surface area contributed by atoms with E-state index in [2.05, 4.69) is 4.74 Å². The van der Waals surface area contributed by atoms with Crippen molar-refractivity contribution in [2.75, 3.05) is 32.5 Å². The van der Waals surface area contributed by atoms with Crippen LogP contribution in [0.15, 0.2) is 0 Å². The monoisotopic (exact) mass is 278 g/mol. The number of hydrogen-bond acceptors (Lipinski definition) is 5. The van der Waals surface area contributed by atoms with Crippen LogP contribution in [0.5, 0.6) is 0 Å². The van der Waals surface area contributed by atoms with Gasteiger partial charge in [-0.3, -0.25) is 4.79 Å². The summed E-state index contributed by atoms with van der Waals surface area (Å²) in [7, 11) is -1.93. The van der Waals surface area contributed by atoms with E-state index in [0.29, 0.717) is 32.0 Å². The lowest BCUT2D eigenvalue weighted by atomic mass is 9.99. The SMILES string of the molecule is COC(=O)CCCS(=O)(=O)N1CCC(CN)CC1. The molecule has 0 aliphatic carbocycles. The highest BCUT2D eigenvalue weighted by Gasteiger charge is 2.27. The molecule has 0 aromatic heterocycles. The third kappa shape index (κ3) is 4.55. The van der Waals surface area contributed by atoms with Crippen molar-refractivity contribution >= 4 is 16.0 Å². The van der Waals surface area contributed by atoms with Gasteiger partial charge in [-0.05, 0) is 31.7 Å². The summed E-state index contributed by atoms with van der Waals surface area (Å²) in [5.41, 5.74) is 5.57. The number of ether oxygens (including phenoxy) is 1. The highest BCUT2D eigenvalue weighted by molar-refractivity contribution is 7.89. The Morgan fingerprint density at radius 3 is 2.50 bits per heavy atom. The molecule has 0 atom stereocenters. The molecule has 0 radical (unpaired) electrons. The van der Waals surface area contributed by atoms with Crippen molar-refractivity contribution < 1.29 is 17.9 Å². The van der Waals surface area contributed by atoms with Crippen molar-refractivity contribution in [3.63, 3.8) is 0 Å². The van der Waals surface area contributed by atoms with Gasteiger partial charge in [0.2, 0.25) is 10.0 Å². The van der Waals surface area contributed by atoms with Crippen LogP contribution in [-0.2, 0) is 19.6 Å². The van der Waals surface area contributed by atoms with Crippen LogP contribution in [0.1, 0.15) is 25.7 Å². The Kier molecular flexibility index (Phi) is 6.04. The van der Waals surface area contributed by atoms with Gasteiger partial charge < -0.3 is 10.5 Å². The molecule has 0 saturated carbocycles. The van der Waals surface area contributed by atoms with E-state index in [4.69, 9.17) is 5.73 Å². The lowest BCUT2D eigenvalue weighted by molar-refractivity contribution is -0.140. The van der Waals surface area contributed by atoms with Crippen LogP contribution in [0.25, 0.3) is 0 Å². The van der Waals surface area contributed by atoms with Crippen LogP contribution in [-0.4, -0.2) is 51.2 Å². The Bertz CT molecular complexity index is 361. The molecule has 1 fully saturated rings. The van der Waals surface area contributed by atoms with Crippen LogP contribution < -0.4 is 5.73 Å². The predicted octanol–water partition coefficient (Wildman–Crippen LogP) is -0.0599. The van der Waals surface area contributed by atoms with Crippen LogP contribution in [0.2, 0.25) is 0 Å². The lowest BCUT2D eigenvalue weighted by Crippen LogP contribution is -2.41.